The lowest BCUT2D eigenvalue weighted by Crippen LogP contribution is -2.53. The fraction of sp³-hybridized carbons (Fsp3) is 0.333. The minimum atomic E-state index is -0.815. The Kier molecular flexibility index (Phi) is 4.64. The molecular formula is C21H22N2O2S. The smallest absolute Gasteiger partial charge is 0.323 e. The van der Waals surface area contributed by atoms with Gasteiger partial charge in [0.2, 0.25) is 0 Å². The van der Waals surface area contributed by atoms with Gasteiger partial charge in [-0.05, 0) is 30.0 Å². The number of piperidine rings is 1. The van der Waals surface area contributed by atoms with Crippen LogP contribution in [-0.4, -0.2) is 46.6 Å². The maximum atomic E-state index is 11.4. The van der Waals surface area contributed by atoms with Gasteiger partial charge in [0.05, 0.1) is 6.04 Å². The summed E-state index contributed by atoms with van der Waals surface area (Å²) >= 11 is 5.85. The van der Waals surface area contributed by atoms with Crippen LogP contribution in [0.4, 0.5) is 5.69 Å². The lowest BCUT2D eigenvalue weighted by Gasteiger charge is -2.40. The second kappa shape index (κ2) is 7.08. The van der Waals surface area contributed by atoms with Crippen molar-refractivity contribution in [1.82, 2.24) is 4.90 Å². The predicted octanol–water partition coefficient (Wildman–Crippen LogP) is 3.32. The number of rotatable bonds is 5. The van der Waals surface area contributed by atoms with E-state index in [0.29, 0.717) is 5.92 Å². The number of aliphatic carboxylic acids is 1. The van der Waals surface area contributed by atoms with Crippen molar-refractivity contribution in [2.45, 2.75) is 24.8 Å². The Morgan fingerprint density at radius 3 is 2.62 bits per heavy atom. The van der Waals surface area contributed by atoms with E-state index in [1.54, 1.807) is 0 Å². The minimum absolute atomic E-state index is 0.00908. The molecule has 0 radical (unpaired) electrons. The Morgan fingerprint density at radius 2 is 1.85 bits per heavy atom. The number of likely N-dealkylation sites (tertiary alicyclic amines) is 1. The number of nitrogens with zero attached hydrogens (tertiary/aromatic N) is 2. The Labute approximate surface area is 159 Å². The lowest BCUT2D eigenvalue weighted by molar-refractivity contribution is -0.135. The van der Waals surface area contributed by atoms with E-state index >= 15 is 0 Å². The SMILES string of the molecule is O=C(O)CN1c2ccccc2C2CCN(CCc3ccccc3)C(=S)C21. The van der Waals surface area contributed by atoms with Gasteiger partial charge in [0, 0.05) is 24.7 Å². The van der Waals surface area contributed by atoms with Crippen LogP contribution in [0.1, 0.15) is 23.5 Å². The number of hydrogen-bond acceptors (Lipinski definition) is 3. The first kappa shape index (κ1) is 17.0. The average molecular weight is 366 g/mol. The first-order valence-corrected chi connectivity index (χ1v) is 9.46. The standard InChI is InChI=1S/C21H22N2O2S/c24-19(25)14-23-18-9-5-4-8-16(18)17-11-13-22(21(26)20(17)23)12-10-15-6-2-1-3-7-15/h1-9,17,20H,10-14H2,(H,24,25). The summed E-state index contributed by atoms with van der Waals surface area (Å²) in [7, 11) is 0. The summed E-state index contributed by atoms with van der Waals surface area (Å²) < 4.78 is 0. The van der Waals surface area contributed by atoms with Gasteiger partial charge >= 0.3 is 5.97 Å². The van der Waals surface area contributed by atoms with Gasteiger partial charge in [-0.3, -0.25) is 4.79 Å². The molecule has 4 nitrogen and oxygen atoms in total. The fourth-order valence-corrected chi connectivity index (χ4v) is 4.74. The highest BCUT2D eigenvalue weighted by Gasteiger charge is 2.45. The molecule has 4 rings (SSSR count). The number of carboxylic acid groups (broad SMARTS) is 1. The van der Waals surface area contributed by atoms with E-state index in [1.807, 2.05) is 29.2 Å². The van der Waals surface area contributed by atoms with E-state index in [2.05, 4.69) is 35.2 Å². The third-order valence-corrected chi connectivity index (χ3v) is 5.96. The number of benzene rings is 2. The summed E-state index contributed by atoms with van der Waals surface area (Å²) in [5.74, 6) is -0.518. The average Bonchev–Trinajstić information content (AvgIpc) is 2.96. The van der Waals surface area contributed by atoms with Gasteiger partial charge < -0.3 is 14.9 Å². The Bertz CT molecular complexity index is 824. The van der Waals surface area contributed by atoms with Crippen LogP contribution in [0.2, 0.25) is 0 Å². The molecule has 2 aliphatic heterocycles. The third kappa shape index (κ3) is 3.07. The lowest BCUT2D eigenvalue weighted by atomic mass is 9.88. The van der Waals surface area contributed by atoms with Crippen molar-refractivity contribution in [2.24, 2.45) is 0 Å². The normalized spacial score (nSPS) is 21.5. The van der Waals surface area contributed by atoms with Crippen LogP contribution in [-0.2, 0) is 11.2 Å². The van der Waals surface area contributed by atoms with Crippen LogP contribution in [0, 0.1) is 0 Å². The maximum Gasteiger partial charge on any atom is 0.323 e. The Balaban J connectivity index is 1.55. The zero-order chi connectivity index (χ0) is 18.1. The molecule has 0 aliphatic carbocycles. The van der Waals surface area contributed by atoms with Crippen molar-refractivity contribution in [3.63, 3.8) is 0 Å². The number of hydrogen-bond donors (Lipinski definition) is 1. The molecule has 2 unspecified atom stereocenters. The van der Waals surface area contributed by atoms with Gasteiger partial charge in [-0.15, -0.1) is 0 Å². The first-order chi connectivity index (χ1) is 12.6. The van der Waals surface area contributed by atoms with Gasteiger partial charge in [-0.2, -0.15) is 0 Å². The molecule has 5 heteroatoms. The number of anilines is 1. The van der Waals surface area contributed by atoms with E-state index < -0.39 is 5.97 Å². The summed E-state index contributed by atoms with van der Waals surface area (Å²) in [6.07, 6.45) is 1.96. The minimum Gasteiger partial charge on any atom is -0.480 e. The number of para-hydroxylation sites is 1. The largest absolute Gasteiger partial charge is 0.480 e. The zero-order valence-corrected chi connectivity index (χ0v) is 15.4. The molecule has 0 spiro atoms. The van der Waals surface area contributed by atoms with Crippen LogP contribution in [0.25, 0.3) is 0 Å². The number of carbonyl (C=O) groups is 1. The number of fused-ring (bicyclic) bond motifs is 3. The summed E-state index contributed by atoms with van der Waals surface area (Å²) in [6, 6.07) is 18.5. The second-order valence-electron chi connectivity index (χ2n) is 6.98. The van der Waals surface area contributed by atoms with Crippen molar-refractivity contribution in [3.8, 4) is 0 Å². The summed E-state index contributed by atoms with van der Waals surface area (Å²) in [6.45, 7) is 1.80. The summed E-state index contributed by atoms with van der Waals surface area (Å²) in [5.41, 5.74) is 3.57. The fourth-order valence-electron chi connectivity index (χ4n) is 4.27. The maximum absolute atomic E-state index is 11.4. The predicted molar refractivity (Wildman–Crippen MR) is 107 cm³/mol. The molecule has 1 fully saturated rings. The van der Waals surface area contributed by atoms with Crippen molar-refractivity contribution in [2.75, 3.05) is 24.5 Å². The summed E-state index contributed by atoms with van der Waals surface area (Å²) in [4.78, 5) is 16.6. The Hall–Kier alpha value is -2.40. The Morgan fingerprint density at radius 1 is 1.12 bits per heavy atom. The third-order valence-electron chi connectivity index (χ3n) is 5.46. The molecule has 0 aromatic heterocycles. The number of thiocarbonyl (C=S) groups is 1. The molecule has 134 valence electrons. The molecule has 2 aromatic rings. The highest BCUT2D eigenvalue weighted by Crippen LogP contribution is 2.45. The molecule has 0 amide bonds. The molecule has 26 heavy (non-hydrogen) atoms. The highest BCUT2D eigenvalue weighted by molar-refractivity contribution is 7.80. The van der Waals surface area contributed by atoms with Crippen LogP contribution in [0.3, 0.4) is 0 Å². The van der Waals surface area contributed by atoms with E-state index in [-0.39, 0.29) is 12.6 Å². The van der Waals surface area contributed by atoms with Gasteiger partial charge in [-0.1, -0.05) is 60.7 Å². The summed E-state index contributed by atoms with van der Waals surface area (Å²) in [5, 5.41) is 9.40. The first-order valence-electron chi connectivity index (χ1n) is 9.05. The molecule has 1 saturated heterocycles. The van der Waals surface area contributed by atoms with E-state index in [1.165, 1.54) is 11.1 Å². The monoisotopic (exact) mass is 366 g/mol. The van der Waals surface area contributed by atoms with Crippen molar-refractivity contribution >= 4 is 28.9 Å². The molecule has 2 aliphatic rings. The molecule has 2 heterocycles. The second-order valence-corrected chi connectivity index (χ2v) is 7.40. The quantitative estimate of drug-likeness (QED) is 0.823. The van der Waals surface area contributed by atoms with Gasteiger partial charge in [-0.25, -0.2) is 0 Å². The van der Waals surface area contributed by atoms with E-state index in [9.17, 15) is 9.90 Å². The van der Waals surface area contributed by atoms with Crippen LogP contribution >= 0.6 is 12.2 Å². The van der Waals surface area contributed by atoms with Gasteiger partial charge in [0.15, 0.2) is 0 Å². The van der Waals surface area contributed by atoms with Gasteiger partial charge in [0.1, 0.15) is 11.5 Å². The molecule has 2 aromatic carbocycles. The van der Waals surface area contributed by atoms with Gasteiger partial charge in [0.25, 0.3) is 0 Å². The topological polar surface area (TPSA) is 43.8 Å². The van der Waals surface area contributed by atoms with Crippen molar-refractivity contribution < 1.29 is 9.90 Å². The molecule has 0 bridgehead atoms. The van der Waals surface area contributed by atoms with E-state index in [0.717, 1.165) is 36.6 Å². The molecule has 2 atom stereocenters. The number of carboxylic acids is 1. The molecule has 0 saturated carbocycles. The van der Waals surface area contributed by atoms with Crippen molar-refractivity contribution in [1.29, 1.82) is 0 Å². The van der Waals surface area contributed by atoms with Crippen LogP contribution in [0.15, 0.2) is 54.6 Å². The van der Waals surface area contributed by atoms with Crippen LogP contribution < -0.4 is 4.90 Å². The van der Waals surface area contributed by atoms with E-state index in [4.69, 9.17) is 12.2 Å². The van der Waals surface area contributed by atoms with Crippen molar-refractivity contribution in [3.05, 3.63) is 65.7 Å². The zero-order valence-electron chi connectivity index (χ0n) is 14.5. The highest BCUT2D eigenvalue weighted by atomic mass is 32.1. The molecule has 1 N–H and O–H groups in total. The molecular weight excluding hydrogens is 344 g/mol. The van der Waals surface area contributed by atoms with Crippen LogP contribution in [0.5, 0.6) is 0 Å².